The Morgan fingerprint density at radius 1 is 1.07 bits per heavy atom. The van der Waals surface area contributed by atoms with E-state index in [-0.39, 0.29) is 22.9 Å². The summed E-state index contributed by atoms with van der Waals surface area (Å²) in [6, 6.07) is 4.14. The number of rotatable bonds is 1. The van der Waals surface area contributed by atoms with E-state index in [9.17, 15) is 5.11 Å². The molecule has 1 aromatic rings. The minimum atomic E-state index is -0.121. The third-order valence-electron chi connectivity index (χ3n) is 5.05. The van der Waals surface area contributed by atoms with Crippen LogP contribution >= 0.6 is 20.3 Å². The van der Waals surface area contributed by atoms with Gasteiger partial charge in [-0.2, -0.15) is 0 Å². The first kappa shape index (κ1) is 24.8. The second kappa shape index (κ2) is 9.99. The molecule has 157 valence electrons. The van der Waals surface area contributed by atoms with Gasteiger partial charge in [-0.15, -0.1) is 0 Å². The zero-order valence-electron chi connectivity index (χ0n) is 17.2. The van der Waals surface area contributed by atoms with Crippen molar-refractivity contribution >= 4 is 26.4 Å². The Morgan fingerprint density at radius 2 is 1.63 bits per heavy atom. The third-order valence-corrected chi connectivity index (χ3v) is 5.05. The molecule has 6 heteroatoms. The summed E-state index contributed by atoms with van der Waals surface area (Å²) in [6.07, 6.45) is 5.06. The van der Waals surface area contributed by atoms with Gasteiger partial charge in [0, 0.05) is 23.2 Å². The normalized spacial score (nSPS) is 22.5. The molecule has 5 N–H and O–H groups in total. The van der Waals surface area contributed by atoms with Crippen molar-refractivity contribution in [1.29, 1.82) is 0 Å². The molecule has 1 fully saturated rings. The quantitative estimate of drug-likeness (QED) is 0.512. The summed E-state index contributed by atoms with van der Waals surface area (Å²) in [5.74, 6) is 0.370. The Bertz CT molecular complexity index is 663. The number of aromatic hydroxyl groups is 1. The Balaban J connectivity index is 0.00000114. The van der Waals surface area contributed by atoms with Gasteiger partial charge < -0.3 is 16.6 Å². The van der Waals surface area contributed by atoms with Crippen molar-refractivity contribution in [2.45, 2.75) is 83.7 Å². The monoisotopic (exact) mass is 459 g/mol. The van der Waals surface area contributed by atoms with Crippen LogP contribution in [0.4, 0.5) is 0 Å². The summed E-state index contributed by atoms with van der Waals surface area (Å²) >= 11 is 0.382. The SMILES string of the molecule is CC(C)(C)c1cc(C=C2CCCC(N)C2N)c(O)c(C(C)(C)C)c1.[Cl][Co][Cl]. The number of hydrogen-bond acceptors (Lipinski definition) is 3. The van der Waals surface area contributed by atoms with Crippen LogP contribution in [0.5, 0.6) is 5.75 Å². The van der Waals surface area contributed by atoms with Crippen molar-refractivity contribution < 1.29 is 18.0 Å². The fourth-order valence-corrected chi connectivity index (χ4v) is 3.30. The van der Waals surface area contributed by atoms with E-state index < -0.39 is 0 Å². The molecule has 0 heterocycles. The van der Waals surface area contributed by atoms with E-state index in [1.54, 1.807) is 0 Å². The van der Waals surface area contributed by atoms with E-state index in [0.29, 0.717) is 18.6 Å². The van der Waals surface area contributed by atoms with Crippen LogP contribution in [-0.4, -0.2) is 17.2 Å². The second-order valence-electron chi connectivity index (χ2n) is 9.31. The molecule has 0 saturated heterocycles. The number of benzene rings is 1. The molecule has 3 nitrogen and oxygen atoms in total. The van der Waals surface area contributed by atoms with Crippen LogP contribution in [0, 0.1) is 0 Å². The van der Waals surface area contributed by atoms with E-state index >= 15 is 0 Å². The topological polar surface area (TPSA) is 72.3 Å². The number of hydrogen-bond donors (Lipinski definition) is 3. The molecule has 1 aliphatic carbocycles. The van der Waals surface area contributed by atoms with Crippen LogP contribution in [0.25, 0.3) is 6.08 Å². The molecule has 0 amide bonds. The van der Waals surface area contributed by atoms with E-state index in [4.69, 9.17) is 31.8 Å². The van der Waals surface area contributed by atoms with Crippen molar-refractivity contribution in [3.8, 4) is 5.75 Å². The zero-order valence-corrected chi connectivity index (χ0v) is 19.8. The first-order valence-electron chi connectivity index (χ1n) is 9.26. The van der Waals surface area contributed by atoms with Crippen LogP contribution in [0.15, 0.2) is 17.7 Å². The van der Waals surface area contributed by atoms with Gasteiger partial charge in [-0.3, -0.25) is 0 Å². The van der Waals surface area contributed by atoms with Crippen molar-refractivity contribution in [3.05, 3.63) is 34.4 Å². The fraction of sp³-hybridized carbons (Fsp3) is 0.619. The van der Waals surface area contributed by atoms with Gasteiger partial charge in [0.15, 0.2) is 0 Å². The van der Waals surface area contributed by atoms with Gasteiger partial charge in [-0.25, -0.2) is 0 Å². The van der Waals surface area contributed by atoms with Gasteiger partial charge in [0.2, 0.25) is 0 Å². The number of halogens is 2. The average molecular weight is 460 g/mol. The first-order valence-corrected chi connectivity index (χ1v) is 12.1. The van der Waals surface area contributed by atoms with Gasteiger partial charge in [-0.05, 0) is 41.7 Å². The first-order chi connectivity index (χ1) is 12.3. The van der Waals surface area contributed by atoms with Crippen molar-refractivity contribution in [2.24, 2.45) is 11.5 Å². The molecule has 2 atom stereocenters. The molecule has 1 saturated carbocycles. The number of phenolic OH excluding ortho intramolecular Hbond substituents is 1. The Kier molecular flexibility index (Phi) is 9.18. The number of phenols is 1. The summed E-state index contributed by atoms with van der Waals surface area (Å²) in [4.78, 5) is 0. The Labute approximate surface area is 179 Å². The molecule has 2 rings (SSSR count). The second-order valence-corrected chi connectivity index (χ2v) is 11.0. The van der Waals surface area contributed by atoms with E-state index in [0.717, 1.165) is 36.0 Å². The molecular weight excluding hydrogens is 426 g/mol. The predicted octanol–water partition coefficient (Wildman–Crippen LogP) is 5.59. The Hall–Kier alpha value is -0.234. The maximum atomic E-state index is 10.9. The van der Waals surface area contributed by atoms with Gasteiger partial charge >= 0.3 is 33.2 Å². The van der Waals surface area contributed by atoms with Crippen LogP contribution in [0.1, 0.15) is 77.5 Å². The molecule has 1 aliphatic rings. The van der Waals surface area contributed by atoms with Crippen LogP contribution in [0.3, 0.4) is 0 Å². The average Bonchev–Trinajstić information content (AvgIpc) is 2.52. The minimum absolute atomic E-state index is 0.0139. The molecule has 27 heavy (non-hydrogen) atoms. The molecule has 0 spiro atoms. The maximum absolute atomic E-state index is 10.9. The van der Waals surface area contributed by atoms with Gasteiger partial charge in [0.25, 0.3) is 0 Å². The fourth-order valence-electron chi connectivity index (χ4n) is 3.30. The molecule has 0 aliphatic heterocycles. The molecule has 0 aromatic heterocycles. The standard InChI is InChI=1S/C21H34N2O.2ClH.Co/c1-20(2,3)15-11-14(19(24)16(12-15)21(4,5)6)10-13-8-7-9-17(22)18(13)23;;;/h10-12,17-18,24H,7-9,22-23H2,1-6H3;2*1H;/q;;;+2/p-2. The zero-order chi connectivity index (χ0) is 21.0. The molecular formula is C21H34Cl2CoN2O. The molecule has 0 radical (unpaired) electrons. The predicted molar refractivity (Wildman–Crippen MR) is 115 cm³/mol. The third kappa shape index (κ3) is 6.95. The molecule has 0 bridgehead atoms. The van der Waals surface area contributed by atoms with Crippen molar-refractivity contribution in [3.63, 3.8) is 0 Å². The summed E-state index contributed by atoms with van der Waals surface area (Å²) in [5, 5.41) is 10.9. The Morgan fingerprint density at radius 3 is 2.11 bits per heavy atom. The van der Waals surface area contributed by atoms with Gasteiger partial charge in [0.05, 0.1) is 0 Å². The van der Waals surface area contributed by atoms with Crippen molar-refractivity contribution in [1.82, 2.24) is 0 Å². The van der Waals surface area contributed by atoms with Gasteiger partial charge in [0.1, 0.15) is 5.75 Å². The van der Waals surface area contributed by atoms with Crippen molar-refractivity contribution in [2.75, 3.05) is 0 Å². The van der Waals surface area contributed by atoms with Crippen LogP contribution in [0.2, 0.25) is 0 Å². The molecule has 1 aromatic carbocycles. The summed E-state index contributed by atoms with van der Waals surface area (Å²) in [5.41, 5.74) is 16.5. The summed E-state index contributed by atoms with van der Waals surface area (Å²) in [7, 11) is 9.47. The molecule has 2 unspecified atom stereocenters. The van der Waals surface area contributed by atoms with E-state index in [1.807, 2.05) is 0 Å². The van der Waals surface area contributed by atoms with Crippen LogP contribution < -0.4 is 11.5 Å². The number of nitrogens with two attached hydrogens (primary N) is 2. The van der Waals surface area contributed by atoms with Gasteiger partial charge in [-0.1, -0.05) is 59.3 Å². The van der Waals surface area contributed by atoms with Crippen LogP contribution in [-0.2, 0) is 23.7 Å². The summed E-state index contributed by atoms with van der Waals surface area (Å²) in [6.45, 7) is 13.0. The van der Waals surface area contributed by atoms with E-state index in [1.165, 1.54) is 5.56 Å². The van der Waals surface area contributed by atoms with E-state index in [2.05, 4.69) is 59.8 Å². The summed E-state index contributed by atoms with van der Waals surface area (Å²) < 4.78 is 0.